The first kappa shape index (κ1) is 18.4. The molecule has 1 aliphatic heterocycles. The molecular formula is C21H23N5O. The molecule has 0 saturated heterocycles. The monoisotopic (exact) mass is 361 g/mol. The zero-order valence-electron chi connectivity index (χ0n) is 15.3. The lowest BCUT2D eigenvalue weighted by Gasteiger charge is -2.27. The third kappa shape index (κ3) is 4.82. The Bertz CT molecular complexity index is 886. The van der Waals surface area contributed by atoms with Crippen molar-refractivity contribution in [1.29, 1.82) is 0 Å². The molecule has 0 saturated carbocycles. The van der Waals surface area contributed by atoms with E-state index in [0.717, 1.165) is 29.1 Å². The van der Waals surface area contributed by atoms with Crippen LogP contribution in [0.25, 0.3) is 5.70 Å². The summed E-state index contributed by atoms with van der Waals surface area (Å²) in [5.74, 6) is 0.894. The summed E-state index contributed by atoms with van der Waals surface area (Å²) in [6.07, 6.45) is 9.77. The predicted molar refractivity (Wildman–Crippen MR) is 108 cm³/mol. The van der Waals surface area contributed by atoms with Gasteiger partial charge in [-0.2, -0.15) is 0 Å². The molecule has 2 heterocycles. The first-order chi connectivity index (χ1) is 13.2. The zero-order chi connectivity index (χ0) is 19.1. The van der Waals surface area contributed by atoms with E-state index in [2.05, 4.69) is 15.3 Å². The average Bonchev–Trinajstić information content (AvgIpc) is 2.70. The second-order valence-corrected chi connectivity index (χ2v) is 6.22. The summed E-state index contributed by atoms with van der Waals surface area (Å²) in [6.45, 7) is 2.82. The molecule has 0 fully saturated rings. The minimum absolute atomic E-state index is 0.0294. The minimum atomic E-state index is 0.0294. The molecule has 1 aromatic carbocycles. The van der Waals surface area contributed by atoms with Gasteiger partial charge in [0, 0.05) is 48.7 Å². The van der Waals surface area contributed by atoms with Gasteiger partial charge < -0.3 is 16.0 Å². The zero-order valence-corrected chi connectivity index (χ0v) is 15.3. The maximum Gasteiger partial charge on any atom is 0.159 e. The number of carbonyl (C=O) groups excluding carboxylic acids is 1. The molecule has 0 radical (unpaired) electrons. The SMILES string of the molecule is CC(=O)c1cccc(/C(=C/N)N2C=CNC(=NCCc3cccnc3)C2)c1. The van der Waals surface area contributed by atoms with Crippen LogP contribution in [0.15, 0.2) is 72.4 Å². The lowest BCUT2D eigenvalue weighted by atomic mass is 10.1. The molecule has 0 amide bonds. The number of hydrogen-bond acceptors (Lipinski definition) is 5. The van der Waals surface area contributed by atoms with Crippen LogP contribution in [-0.4, -0.2) is 34.6 Å². The molecule has 138 valence electrons. The van der Waals surface area contributed by atoms with Crippen molar-refractivity contribution >= 4 is 17.3 Å². The van der Waals surface area contributed by atoms with Gasteiger partial charge in [-0.3, -0.25) is 14.8 Å². The van der Waals surface area contributed by atoms with Gasteiger partial charge >= 0.3 is 0 Å². The maximum atomic E-state index is 11.7. The molecule has 1 aromatic heterocycles. The number of pyridine rings is 1. The first-order valence-electron chi connectivity index (χ1n) is 8.82. The average molecular weight is 361 g/mol. The number of amidine groups is 1. The van der Waals surface area contributed by atoms with E-state index in [1.807, 2.05) is 53.8 Å². The Morgan fingerprint density at radius 1 is 1.33 bits per heavy atom. The van der Waals surface area contributed by atoms with Crippen LogP contribution in [0, 0.1) is 0 Å². The predicted octanol–water partition coefficient (Wildman–Crippen LogP) is 2.56. The second kappa shape index (κ2) is 8.80. The first-order valence-corrected chi connectivity index (χ1v) is 8.82. The van der Waals surface area contributed by atoms with E-state index in [0.29, 0.717) is 18.7 Å². The summed E-state index contributed by atoms with van der Waals surface area (Å²) in [5, 5.41) is 3.19. The van der Waals surface area contributed by atoms with Gasteiger partial charge in [0.2, 0.25) is 0 Å². The highest BCUT2D eigenvalue weighted by molar-refractivity contribution is 5.95. The van der Waals surface area contributed by atoms with E-state index < -0.39 is 0 Å². The number of hydrogen-bond donors (Lipinski definition) is 2. The number of nitrogens with one attached hydrogen (secondary N) is 1. The molecule has 3 N–H and O–H groups in total. The number of aliphatic imine (C=N–C) groups is 1. The fourth-order valence-corrected chi connectivity index (χ4v) is 2.87. The van der Waals surface area contributed by atoms with Crippen LogP contribution in [0.4, 0.5) is 0 Å². The van der Waals surface area contributed by atoms with Crippen LogP contribution in [-0.2, 0) is 6.42 Å². The van der Waals surface area contributed by atoms with Crippen molar-refractivity contribution in [3.63, 3.8) is 0 Å². The number of nitrogens with zero attached hydrogens (tertiary/aromatic N) is 3. The summed E-state index contributed by atoms with van der Waals surface area (Å²) in [6, 6.07) is 11.4. The van der Waals surface area contributed by atoms with Gasteiger partial charge in [0.15, 0.2) is 5.78 Å². The second-order valence-electron chi connectivity index (χ2n) is 6.22. The molecular weight excluding hydrogens is 338 g/mol. The van der Waals surface area contributed by atoms with Gasteiger partial charge in [-0.05, 0) is 31.0 Å². The van der Waals surface area contributed by atoms with Gasteiger partial charge in [-0.1, -0.05) is 24.3 Å². The highest BCUT2D eigenvalue weighted by Crippen LogP contribution is 2.21. The van der Waals surface area contributed by atoms with Gasteiger partial charge in [-0.25, -0.2) is 0 Å². The number of rotatable bonds is 6. The van der Waals surface area contributed by atoms with Crippen LogP contribution in [0.1, 0.15) is 28.4 Å². The van der Waals surface area contributed by atoms with Crippen LogP contribution >= 0.6 is 0 Å². The Kier molecular flexibility index (Phi) is 5.99. The summed E-state index contributed by atoms with van der Waals surface area (Å²) in [4.78, 5) is 22.4. The number of carbonyl (C=O) groups is 1. The van der Waals surface area contributed by atoms with Crippen molar-refractivity contribution in [1.82, 2.24) is 15.2 Å². The van der Waals surface area contributed by atoms with Gasteiger partial charge in [0.1, 0.15) is 5.84 Å². The van der Waals surface area contributed by atoms with E-state index in [4.69, 9.17) is 5.73 Å². The molecule has 0 aliphatic carbocycles. The van der Waals surface area contributed by atoms with Crippen molar-refractivity contribution in [2.45, 2.75) is 13.3 Å². The Hall–Kier alpha value is -3.41. The van der Waals surface area contributed by atoms with E-state index in [1.54, 1.807) is 25.4 Å². The summed E-state index contributed by atoms with van der Waals surface area (Å²) in [7, 11) is 0. The molecule has 0 spiro atoms. The highest BCUT2D eigenvalue weighted by Gasteiger charge is 2.15. The van der Waals surface area contributed by atoms with Crippen molar-refractivity contribution in [3.05, 3.63) is 84.1 Å². The lowest BCUT2D eigenvalue weighted by molar-refractivity contribution is 0.101. The van der Waals surface area contributed by atoms with E-state index in [1.165, 1.54) is 0 Å². The Labute approximate surface area is 159 Å². The summed E-state index contributed by atoms with van der Waals surface area (Å²) < 4.78 is 0. The molecule has 2 aromatic rings. The smallest absolute Gasteiger partial charge is 0.159 e. The maximum absolute atomic E-state index is 11.7. The summed E-state index contributed by atoms with van der Waals surface area (Å²) >= 11 is 0. The number of Topliss-reactive ketones (excluding diaryl/α,β-unsaturated/α-hetero) is 1. The quantitative estimate of drug-likeness (QED) is 0.773. The van der Waals surface area contributed by atoms with Gasteiger partial charge in [-0.15, -0.1) is 0 Å². The standard InChI is InChI=1S/C21H23N5O/c1-16(27)18-5-2-6-19(12-18)20(13-22)26-11-10-25-21(15-26)24-9-7-17-4-3-8-23-14-17/h2-6,8,10-14H,7,9,15,22H2,1H3,(H,24,25)/b20-13-. The van der Waals surface area contributed by atoms with E-state index >= 15 is 0 Å². The Balaban J connectivity index is 1.70. The Morgan fingerprint density at radius 2 is 2.19 bits per heavy atom. The third-order valence-electron chi connectivity index (χ3n) is 4.28. The van der Waals surface area contributed by atoms with E-state index in [9.17, 15) is 4.79 Å². The summed E-state index contributed by atoms with van der Waals surface area (Å²) in [5.41, 5.74) is 9.44. The van der Waals surface area contributed by atoms with Gasteiger partial charge in [0.05, 0.1) is 12.2 Å². The fourth-order valence-electron chi connectivity index (χ4n) is 2.87. The number of nitrogens with two attached hydrogens (primary N) is 1. The van der Waals surface area contributed by atoms with Crippen molar-refractivity contribution < 1.29 is 4.79 Å². The van der Waals surface area contributed by atoms with Crippen molar-refractivity contribution in [3.8, 4) is 0 Å². The number of ketones is 1. The largest absolute Gasteiger partial charge is 0.403 e. The molecule has 1 aliphatic rings. The van der Waals surface area contributed by atoms with Crippen molar-refractivity contribution in [2.75, 3.05) is 13.1 Å². The third-order valence-corrected chi connectivity index (χ3v) is 4.28. The molecule has 3 rings (SSSR count). The Morgan fingerprint density at radius 3 is 2.93 bits per heavy atom. The van der Waals surface area contributed by atoms with Crippen LogP contribution in [0.2, 0.25) is 0 Å². The molecule has 6 heteroatoms. The van der Waals surface area contributed by atoms with Crippen molar-refractivity contribution in [2.24, 2.45) is 10.7 Å². The van der Waals surface area contributed by atoms with Crippen LogP contribution in [0.5, 0.6) is 0 Å². The van der Waals surface area contributed by atoms with Crippen LogP contribution in [0.3, 0.4) is 0 Å². The fraction of sp³-hybridized carbons (Fsp3) is 0.190. The minimum Gasteiger partial charge on any atom is -0.403 e. The highest BCUT2D eigenvalue weighted by atomic mass is 16.1. The molecule has 6 nitrogen and oxygen atoms in total. The van der Waals surface area contributed by atoms with E-state index in [-0.39, 0.29) is 5.78 Å². The normalized spacial score (nSPS) is 15.7. The number of aromatic nitrogens is 1. The topological polar surface area (TPSA) is 83.6 Å². The molecule has 0 atom stereocenters. The molecule has 0 unspecified atom stereocenters. The van der Waals surface area contributed by atoms with Gasteiger partial charge in [0.25, 0.3) is 0 Å². The lowest BCUT2D eigenvalue weighted by Crippen LogP contribution is -2.36. The molecule has 27 heavy (non-hydrogen) atoms. The molecule has 0 bridgehead atoms. The number of benzene rings is 1. The van der Waals surface area contributed by atoms with Crippen LogP contribution < -0.4 is 11.1 Å².